The summed E-state index contributed by atoms with van der Waals surface area (Å²) >= 11 is 5.80. The van der Waals surface area contributed by atoms with Crippen molar-refractivity contribution in [2.75, 3.05) is 0 Å². The fourth-order valence-corrected chi connectivity index (χ4v) is 1.84. The third-order valence-electron chi connectivity index (χ3n) is 2.68. The van der Waals surface area contributed by atoms with Crippen LogP contribution in [0.5, 0.6) is 0 Å². The van der Waals surface area contributed by atoms with E-state index in [-0.39, 0.29) is 18.2 Å². The number of rotatable bonds is 4. The lowest BCUT2D eigenvalue weighted by Crippen LogP contribution is -2.24. The second-order valence-corrected chi connectivity index (χ2v) is 4.41. The van der Waals surface area contributed by atoms with E-state index in [4.69, 9.17) is 11.6 Å². The smallest absolute Gasteiger partial charge is 0.270 e. The van der Waals surface area contributed by atoms with Gasteiger partial charge in [0.25, 0.3) is 5.91 Å². The largest absolute Gasteiger partial charge is 0.392 e. The van der Waals surface area contributed by atoms with Gasteiger partial charge in [-0.1, -0.05) is 35.9 Å². The molecule has 1 aromatic carbocycles. The molecule has 0 radical (unpaired) electrons. The molecule has 98 valence electrons. The van der Waals surface area contributed by atoms with Crippen molar-refractivity contribution in [3.63, 3.8) is 0 Å². The summed E-state index contributed by atoms with van der Waals surface area (Å²) in [5.41, 5.74) is 1.94. The Morgan fingerprint density at radius 2 is 2.00 bits per heavy atom. The Morgan fingerprint density at radius 3 is 2.68 bits per heavy atom. The quantitative estimate of drug-likeness (QED) is 0.899. The minimum absolute atomic E-state index is 0.0541. The summed E-state index contributed by atoms with van der Waals surface area (Å²) in [7, 11) is 0. The van der Waals surface area contributed by atoms with Crippen LogP contribution in [0.25, 0.3) is 0 Å². The summed E-state index contributed by atoms with van der Waals surface area (Å²) in [5, 5.41) is 12.4. The predicted octanol–water partition coefficient (Wildman–Crippen LogP) is 2.16. The van der Waals surface area contributed by atoms with Gasteiger partial charge in [0.05, 0.1) is 6.61 Å². The SMILES string of the molecule is O=C(NCc1ccccc1CO)c1cc(Cl)ccn1. The average molecular weight is 277 g/mol. The first-order valence-corrected chi connectivity index (χ1v) is 6.16. The Hall–Kier alpha value is -1.91. The highest BCUT2D eigenvalue weighted by Crippen LogP contribution is 2.10. The van der Waals surface area contributed by atoms with Crippen LogP contribution in [-0.2, 0) is 13.2 Å². The molecule has 2 rings (SSSR count). The summed E-state index contributed by atoms with van der Waals surface area (Å²) in [6.07, 6.45) is 1.49. The molecule has 0 saturated heterocycles. The average Bonchev–Trinajstić information content (AvgIpc) is 2.45. The Balaban J connectivity index is 2.04. The Kier molecular flexibility index (Phi) is 4.49. The van der Waals surface area contributed by atoms with Crippen molar-refractivity contribution in [2.24, 2.45) is 0 Å². The molecular formula is C14H13ClN2O2. The van der Waals surface area contributed by atoms with E-state index in [1.54, 1.807) is 6.07 Å². The first-order valence-electron chi connectivity index (χ1n) is 5.78. The molecule has 5 heteroatoms. The van der Waals surface area contributed by atoms with Gasteiger partial charge in [-0.3, -0.25) is 9.78 Å². The lowest BCUT2D eigenvalue weighted by Gasteiger charge is -2.08. The molecule has 0 spiro atoms. The van der Waals surface area contributed by atoms with E-state index in [2.05, 4.69) is 10.3 Å². The van der Waals surface area contributed by atoms with E-state index < -0.39 is 0 Å². The molecule has 0 unspecified atom stereocenters. The van der Waals surface area contributed by atoms with Gasteiger partial charge in [0.15, 0.2) is 0 Å². The van der Waals surface area contributed by atoms with Gasteiger partial charge in [-0.25, -0.2) is 0 Å². The first kappa shape index (κ1) is 13.5. The fourth-order valence-electron chi connectivity index (χ4n) is 1.68. The van der Waals surface area contributed by atoms with Crippen LogP contribution < -0.4 is 5.32 Å². The monoisotopic (exact) mass is 276 g/mol. The number of aliphatic hydroxyl groups excluding tert-OH is 1. The number of benzene rings is 1. The number of aromatic nitrogens is 1. The lowest BCUT2D eigenvalue weighted by molar-refractivity contribution is 0.0945. The maximum absolute atomic E-state index is 11.9. The van der Waals surface area contributed by atoms with E-state index in [1.165, 1.54) is 12.3 Å². The number of hydrogen-bond donors (Lipinski definition) is 2. The summed E-state index contributed by atoms with van der Waals surface area (Å²) < 4.78 is 0. The van der Waals surface area contributed by atoms with Crippen LogP contribution in [0.15, 0.2) is 42.6 Å². The number of hydrogen-bond acceptors (Lipinski definition) is 3. The minimum atomic E-state index is -0.296. The normalized spacial score (nSPS) is 10.2. The minimum Gasteiger partial charge on any atom is -0.392 e. The van der Waals surface area contributed by atoms with Gasteiger partial charge in [-0.05, 0) is 23.3 Å². The number of aliphatic hydroxyl groups is 1. The number of halogens is 1. The molecule has 0 bridgehead atoms. The van der Waals surface area contributed by atoms with Gasteiger partial charge in [-0.2, -0.15) is 0 Å². The third-order valence-corrected chi connectivity index (χ3v) is 2.92. The molecule has 2 aromatic rings. The molecule has 0 fully saturated rings. The molecule has 1 aromatic heterocycles. The number of nitrogens with zero attached hydrogens (tertiary/aromatic N) is 1. The zero-order valence-corrected chi connectivity index (χ0v) is 10.9. The molecule has 2 N–H and O–H groups in total. The predicted molar refractivity (Wildman–Crippen MR) is 72.8 cm³/mol. The molecule has 4 nitrogen and oxygen atoms in total. The van der Waals surface area contributed by atoms with Crippen LogP contribution in [0.4, 0.5) is 0 Å². The molecule has 0 saturated carbocycles. The zero-order chi connectivity index (χ0) is 13.7. The second kappa shape index (κ2) is 6.31. The lowest BCUT2D eigenvalue weighted by atomic mass is 10.1. The highest BCUT2D eigenvalue weighted by molar-refractivity contribution is 6.30. The molecule has 1 amide bonds. The standard InChI is InChI=1S/C14H13ClN2O2/c15-12-5-6-16-13(7-12)14(19)17-8-10-3-1-2-4-11(10)9-18/h1-7,18H,8-9H2,(H,17,19). The van der Waals surface area contributed by atoms with Gasteiger partial charge in [0.1, 0.15) is 5.69 Å². The summed E-state index contributed by atoms with van der Waals surface area (Å²) in [6, 6.07) is 10.5. The van der Waals surface area contributed by atoms with Gasteiger partial charge >= 0.3 is 0 Å². The number of carbonyl (C=O) groups excluding carboxylic acids is 1. The highest BCUT2D eigenvalue weighted by Gasteiger charge is 2.08. The summed E-state index contributed by atoms with van der Waals surface area (Å²) in [4.78, 5) is 15.8. The second-order valence-electron chi connectivity index (χ2n) is 3.97. The van der Waals surface area contributed by atoms with E-state index in [0.717, 1.165) is 11.1 Å². The topological polar surface area (TPSA) is 62.2 Å². The Labute approximate surface area is 116 Å². The van der Waals surface area contributed by atoms with Gasteiger partial charge in [0.2, 0.25) is 0 Å². The maximum Gasteiger partial charge on any atom is 0.270 e. The van der Waals surface area contributed by atoms with Crippen molar-refractivity contribution >= 4 is 17.5 Å². The fraction of sp³-hybridized carbons (Fsp3) is 0.143. The van der Waals surface area contributed by atoms with Crippen molar-refractivity contribution in [3.8, 4) is 0 Å². The first-order chi connectivity index (χ1) is 9.20. The van der Waals surface area contributed by atoms with E-state index >= 15 is 0 Å². The van der Waals surface area contributed by atoms with Crippen LogP contribution in [-0.4, -0.2) is 16.0 Å². The Morgan fingerprint density at radius 1 is 1.26 bits per heavy atom. The molecule has 0 atom stereocenters. The van der Waals surface area contributed by atoms with Gasteiger partial charge in [0, 0.05) is 17.8 Å². The van der Waals surface area contributed by atoms with E-state index in [0.29, 0.717) is 11.6 Å². The van der Waals surface area contributed by atoms with Crippen LogP contribution >= 0.6 is 11.6 Å². The van der Waals surface area contributed by atoms with Crippen molar-refractivity contribution in [2.45, 2.75) is 13.2 Å². The molecule has 19 heavy (non-hydrogen) atoms. The number of amides is 1. The maximum atomic E-state index is 11.9. The summed E-state index contributed by atoms with van der Waals surface area (Å²) in [5.74, 6) is -0.296. The number of nitrogens with one attached hydrogen (secondary N) is 1. The van der Waals surface area contributed by atoms with Crippen LogP contribution in [0.2, 0.25) is 5.02 Å². The van der Waals surface area contributed by atoms with E-state index in [1.807, 2.05) is 24.3 Å². The molecular weight excluding hydrogens is 264 g/mol. The van der Waals surface area contributed by atoms with Crippen LogP contribution in [0.1, 0.15) is 21.6 Å². The molecule has 0 aliphatic carbocycles. The van der Waals surface area contributed by atoms with Gasteiger partial charge in [-0.15, -0.1) is 0 Å². The van der Waals surface area contributed by atoms with Crippen molar-refractivity contribution < 1.29 is 9.90 Å². The van der Waals surface area contributed by atoms with Gasteiger partial charge < -0.3 is 10.4 Å². The number of pyridine rings is 1. The molecule has 1 heterocycles. The number of carbonyl (C=O) groups is 1. The van der Waals surface area contributed by atoms with Crippen molar-refractivity contribution in [3.05, 3.63) is 64.4 Å². The molecule has 0 aliphatic heterocycles. The zero-order valence-electron chi connectivity index (χ0n) is 10.1. The highest BCUT2D eigenvalue weighted by atomic mass is 35.5. The van der Waals surface area contributed by atoms with Crippen molar-refractivity contribution in [1.82, 2.24) is 10.3 Å². The third kappa shape index (κ3) is 3.53. The summed E-state index contributed by atoms with van der Waals surface area (Å²) in [6.45, 7) is 0.283. The molecule has 0 aliphatic rings. The Bertz CT molecular complexity index is 587. The van der Waals surface area contributed by atoms with Crippen LogP contribution in [0.3, 0.4) is 0 Å². The van der Waals surface area contributed by atoms with Crippen LogP contribution in [0, 0.1) is 0 Å². The van der Waals surface area contributed by atoms with Crippen molar-refractivity contribution in [1.29, 1.82) is 0 Å². The van der Waals surface area contributed by atoms with E-state index in [9.17, 15) is 9.90 Å².